The molecule has 0 radical (unpaired) electrons. The van der Waals surface area contributed by atoms with Crippen molar-refractivity contribution in [3.63, 3.8) is 0 Å². The number of nitrogens with one attached hydrogen (secondary N) is 1. The summed E-state index contributed by atoms with van der Waals surface area (Å²) in [5.41, 5.74) is 2.55. The fourth-order valence-corrected chi connectivity index (χ4v) is 2.11. The third-order valence-electron chi connectivity index (χ3n) is 3.14. The first kappa shape index (κ1) is 21.8. The van der Waals surface area contributed by atoms with Crippen LogP contribution in [0.5, 0.6) is 0 Å². The van der Waals surface area contributed by atoms with Gasteiger partial charge in [-0.05, 0) is 24.6 Å². The molecule has 0 fully saturated rings. The molecule has 2 aromatic carbocycles. The van der Waals surface area contributed by atoms with Crippen molar-refractivity contribution in [3.8, 4) is 0 Å². The second-order valence-corrected chi connectivity index (χ2v) is 5.21. The number of hydrogen-bond acceptors (Lipinski definition) is 1. The minimum Gasteiger partial charge on any atom is -0.780 e. The van der Waals surface area contributed by atoms with E-state index in [0.29, 0.717) is 0 Å². The third-order valence-corrected chi connectivity index (χ3v) is 3.41. The zero-order valence-corrected chi connectivity index (χ0v) is 16.6. The SMILES string of the molecule is CC.CCCCc1ccc([S-])cc1.[Ru+2].[c-]1ccc2cc[nH]c2c1. The summed E-state index contributed by atoms with van der Waals surface area (Å²) in [7, 11) is 0. The molecule has 1 nitrogen and oxygen atoms in total. The van der Waals surface area contributed by atoms with Gasteiger partial charge in [-0.2, -0.15) is 29.2 Å². The second-order valence-electron chi connectivity index (χ2n) is 4.74. The first-order valence-electron chi connectivity index (χ1n) is 7.98. The summed E-state index contributed by atoms with van der Waals surface area (Å²) in [5.74, 6) is 0. The van der Waals surface area contributed by atoms with Crippen molar-refractivity contribution >= 4 is 23.5 Å². The maximum Gasteiger partial charge on any atom is 2.00 e. The number of benzene rings is 2. The Kier molecular flexibility index (Phi) is 12.6. The van der Waals surface area contributed by atoms with Gasteiger partial charge in [-0.25, -0.2) is 0 Å². The first-order chi connectivity index (χ1) is 10.8. The Bertz CT molecular complexity index is 601. The van der Waals surface area contributed by atoms with Crippen LogP contribution in [-0.2, 0) is 38.5 Å². The van der Waals surface area contributed by atoms with E-state index in [4.69, 9.17) is 12.6 Å². The summed E-state index contributed by atoms with van der Waals surface area (Å²) in [5, 5.41) is 1.24. The molecule has 124 valence electrons. The van der Waals surface area contributed by atoms with E-state index in [1.165, 1.54) is 30.2 Å². The number of H-pyrrole nitrogens is 1. The number of rotatable bonds is 3. The molecule has 1 aromatic heterocycles. The average molecular weight is 413 g/mol. The van der Waals surface area contributed by atoms with Crippen LogP contribution in [0.15, 0.2) is 59.6 Å². The largest absolute Gasteiger partial charge is 2.00 e. The molecule has 1 heterocycles. The fourth-order valence-electron chi connectivity index (χ4n) is 1.97. The molecule has 0 unspecified atom stereocenters. The van der Waals surface area contributed by atoms with Gasteiger partial charge in [0, 0.05) is 0 Å². The van der Waals surface area contributed by atoms with Gasteiger partial charge in [0.2, 0.25) is 0 Å². The molecule has 0 spiro atoms. The summed E-state index contributed by atoms with van der Waals surface area (Å²) in [6, 6.07) is 19.2. The summed E-state index contributed by atoms with van der Waals surface area (Å²) < 4.78 is 0. The molecule has 1 N–H and O–H groups in total. The Balaban J connectivity index is 0.000000369. The predicted molar refractivity (Wildman–Crippen MR) is 99.2 cm³/mol. The van der Waals surface area contributed by atoms with Crippen molar-refractivity contribution in [1.29, 1.82) is 0 Å². The molecule has 0 saturated carbocycles. The van der Waals surface area contributed by atoms with Gasteiger partial charge in [0.25, 0.3) is 0 Å². The van der Waals surface area contributed by atoms with Crippen LogP contribution in [0, 0.1) is 6.07 Å². The van der Waals surface area contributed by atoms with Gasteiger partial charge in [0.05, 0.1) is 0 Å². The molecule has 0 aliphatic rings. The molecule has 0 aliphatic heterocycles. The van der Waals surface area contributed by atoms with Crippen LogP contribution < -0.4 is 0 Å². The standard InChI is InChI=1S/C10H14S.C8H6N.C2H6.Ru/c1-2-3-4-9-5-7-10(11)8-6-9;1-2-4-8-7(3-1)5-6-9-8;1-2;/h5-8,11H,2-4H2,1H3;1,3-6,9H;1-2H3;/q;-1;;+2/p-1. The van der Waals surface area contributed by atoms with Gasteiger partial charge < -0.3 is 17.6 Å². The average Bonchev–Trinajstić information content (AvgIpc) is 3.05. The summed E-state index contributed by atoms with van der Waals surface area (Å²) in [6.45, 7) is 6.21. The summed E-state index contributed by atoms with van der Waals surface area (Å²) in [6.07, 6.45) is 5.65. The minimum atomic E-state index is 0. The molecule has 3 rings (SSSR count). The maximum absolute atomic E-state index is 4.98. The van der Waals surface area contributed by atoms with Crippen LogP contribution in [0.3, 0.4) is 0 Å². The fraction of sp³-hybridized carbons (Fsp3) is 0.300. The molecule has 3 heteroatoms. The van der Waals surface area contributed by atoms with Gasteiger partial charge >= 0.3 is 19.5 Å². The zero-order valence-electron chi connectivity index (χ0n) is 14.1. The summed E-state index contributed by atoms with van der Waals surface area (Å²) >= 11 is 4.98. The van der Waals surface area contributed by atoms with Crippen LogP contribution in [0.4, 0.5) is 0 Å². The van der Waals surface area contributed by atoms with Gasteiger partial charge in [-0.3, -0.25) is 0 Å². The van der Waals surface area contributed by atoms with Crippen LogP contribution in [-0.4, -0.2) is 4.98 Å². The normalized spacial score (nSPS) is 9.00. The quantitative estimate of drug-likeness (QED) is 0.320. The molecule has 0 saturated heterocycles. The van der Waals surface area contributed by atoms with E-state index in [0.717, 1.165) is 10.4 Å². The Morgan fingerprint density at radius 3 is 2.35 bits per heavy atom. The third kappa shape index (κ3) is 8.30. The number of hydrogen-bond donors (Lipinski definition) is 1. The van der Waals surface area contributed by atoms with Crippen LogP contribution >= 0.6 is 0 Å². The van der Waals surface area contributed by atoms with Crippen LogP contribution in [0.2, 0.25) is 0 Å². The van der Waals surface area contributed by atoms with E-state index in [9.17, 15) is 0 Å². The number of aryl methyl sites for hydroxylation is 1. The molecular formula is C20H25NRuS. The zero-order chi connectivity index (χ0) is 16.2. The molecule has 0 amide bonds. The van der Waals surface area contributed by atoms with Crippen molar-refractivity contribution in [2.75, 3.05) is 0 Å². The maximum atomic E-state index is 4.98. The summed E-state index contributed by atoms with van der Waals surface area (Å²) in [4.78, 5) is 4.02. The molecular weight excluding hydrogens is 387 g/mol. The molecule has 0 aliphatic carbocycles. The number of unbranched alkanes of at least 4 members (excludes halogenated alkanes) is 1. The van der Waals surface area contributed by atoms with E-state index in [2.05, 4.69) is 30.1 Å². The smallest absolute Gasteiger partial charge is 0.780 e. The van der Waals surface area contributed by atoms with Gasteiger partial charge in [0.15, 0.2) is 0 Å². The minimum absolute atomic E-state index is 0. The van der Waals surface area contributed by atoms with E-state index < -0.39 is 0 Å². The number of aromatic amines is 1. The van der Waals surface area contributed by atoms with Crippen molar-refractivity contribution in [2.24, 2.45) is 0 Å². The second kappa shape index (κ2) is 13.3. The topological polar surface area (TPSA) is 15.8 Å². The Hall–Kier alpha value is -1.18. The first-order valence-corrected chi connectivity index (χ1v) is 8.39. The Morgan fingerprint density at radius 1 is 1.04 bits per heavy atom. The van der Waals surface area contributed by atoms with Gasteiger partial charge in [0.1, 0.15) is 0 Å². The number of fused-ring (bicyclic) bond motifs is 1. The Labute approximate surface area is 159 Å². The molecule has 3 aromatic rings. The van der Waals surface area contributed by atoms with E-state index in [1.54, 1.807) is 0 Å². The number of aromatic nitrogens is 1. The monoisotopic (exact) mass is 413 g/mol. The van der Waals surface area contributed by atoms with Crippen LogP contribution in [0.25, 0.3) is 10.9 Å². The predicted octanol–water partition coefficient (Wildman–Crippen LogP) is 5.93. The van der Waals surface area contributed by atoms with E-state index in [-0.39, 0.29) is 19.5 Å². The van der Waals surface area contributed by atoms with Crippen molar-refractivity contribution < 1.29 is 19.5 Å². The van der Waals surface area contributed by atoms with Gasteiger partial charge in [-0.15, -0.1) is 5.39 Å². The van der Waals surface area contributed by atoms with Crippen molar-refractivity contribution in [1.82, 2.24) is 4.98 Å². The molecule has 0 bridgehead atoms. The van der Waals surface area contributed by atoms with Crippen molar-refractivity contribution in [3.05, 3.63) is 66.4 Å². The van der Waals surface area contributed by atoms with Crippen molar-refractivity contribution in [2.45, 2.75) is 44.9 Å². The van der Waals surface area contributed by atoms with Crippen LogP contribution in [0.1, 0.15) is 39.2 Å². The molecule has 23 heavy (non-hydrogen) atoms. The molecule has 0 atom stereocenters. The van der Waals surface area contributed by atoms with E-state index in [1.807, 2.05) is 56.4 Å². The van der Waals surface area contributed by atoms with Gasteiger partial charge in [-0.1, -0.05) is 63.0 Å². The van der Waals surface area contributed by atoms with E-state index >= 15 is 0 Å². The Morgan fingerprint density at radius 2 is 1.74 bits per heavy atom.